The van der Waals surface area contributed by atoms with Crippen molar-refractivity contribution in [2.24, 2.45) is 13.0 Å². The number of aryl methyl sites for hydroxylation is 2. The van der Waals surface area contributed by atoms with E-state index in [9.17, 15) is 4.79 Å². The normalized spacial score (nSPS) is 17.0. The molecule has 0 unspecified atom stereocenters. The average Bonchev–Trinajstić information content (AvgIpc) is 3.24. The molecule has 0 spiro atoms. The van der Waals surface area contributed by atoms with Crippen LogP contribution in [0.3, 0.4) is 0 Å². The van der Waals surface area contributed by atoms with Gasteiger partial charge in [-0.2, -0.15) is 10.2 Å². The second-order valence-electron chi connectivity index (χ2n) is 6.40. The number of urea groups is 1. The molecule has 3 rings (SSSR count). The first-order valence-electron chi connectivity index (χ1n) is 8.50. The maximum Gasteiger partial charge on any atom is 0.317 e. The number of rotatable bonds is 5. The Hall–Kier alpha value is -2.38. The molecule has 1 N–H and O–H groups in total. The first-order chi connectivity index (χ1) is 11.6. The summed E-state index contributed by atoms with van der Waals surface area (Å²) in [4.78, 5) is 18.5. The Morgan fingerprint density at radius 2 is 2.17 bits per heavy atom. The van der Waals surface area contributed by atoms with Crippen LogP contribution in [0.1, 0.15) is 38.1 Å². The Morgan fingerprint density at radius 1 is 1.38 bits per heavy atom. The quantitative estimate of drug-likeness (QED) is 0.902. The molecule has 1 saturated heterocycles. The van der Waals surface area contributed by atoms with E-state index in [4.69, 9.17) is 0 Å². The molecule has 3 heterocycles. The number of aromatic nitrogens is 5. The van der Waals surface area contributed by atoms with Crippen molar-refractivity contribution in [3.63, 3.8) is 0 Å². The topological polar surface area (TPSA) is 80.9 Å². The minimum Gasteiger partial charge on any atom is -0.328 e. The minimum atomic E-state index is -0.150. The molecule has 24 heavy (non-hydrogen) atoms. The third-order valence-corrected chi connectivity index (χ3v) is 4.70. The second-order valence-corrected chi connectivity index (χ2v) is 6.40. The molecular weight excluding hydrogens is 306 g/mol. The number of likely N-dealkylation sites (tertiary alicyclic amines) is 1. The molecule has 1 aliphatic rings. The van der Waals surface area contributed by atoms with Gasteiger partial charge in [0.25, 0.3) is 0 Å². The molecule has 2 aromatic rings. The number of nitrogens with one attached hydrogen (secondary N) is 1. The van der Waals surface area contributed by atoms with Crippen LogP contribution in [0.4, 0.5) is 4.79 Å². The Labute approximate surface area is 141 Å². The number of hydrogen-bond acceptors (Lipinski definition) is 4. The lowest BCUT2D eigenvalue weighted by Crippen LogP contribution is -2.45. The van der Waals surface area contributed by atoms with Crippen molar-refractivity contribution in [1.29, 1.82) is 0 Å². The zero-order valence-corrected chi connectivity index (χ0v) is 14.3. The van der Waals surface area contributed by atoms with E-state index in [1.807, 2.05) is 42.0 Å². The summed E-state index contributed by atoms with van der Waals surface area (Å²) in [6, 6.07) is 1.78. The lowest BCUT2D eigenvalue weighted by molar-refractivity contribution is 0.163. The van der Waals surface area contributed by atoms with E-state index in [1.165, 1.54) is 6.33 Å². The summed E-state index contributed by atoms with van der Waals surface area (Å²) in [5.41, 5.74) is 0. The molecule has 0 radical (unpaired) electrons. The van der Waals surface area contributed by atoms with Crippen molar-refractivity contribution in [2.45, 2.75) is 38.8 Å². The average molecular weight is 331 g/mol. The number of nitrogens with zero attached hydrogens (tertiary/aromatic N) is 6. The third-order valence-electron chi connectivity index (χ3n) is 4.70. The Kier molecular flexibility index (Phi) is 5.12. The van der Waals surface area contributed by atoms with Gasteiger partial charge in [0, 0.05) is 39.1 Å². The first kappa shape index (κ1) is 16.5. The molecule has 8 heteroatoms. The summed E-state index contributed by atoms with van der Waals surface area (Å²) in [6.07, 6.45) is 8.53. The van der Waals surface area contributed by atoms with Crippen molar-refractivity contribution >= 4 is 6.03 Å². The number of carbonyl (C=O) groups is 1. The van der Waals surface area contributed by atoms with E-state index in [2.05, 4.69) is 20.5 Å². The maximum absolute atomic E-state index is 12.4. The van der Waals surface area contributed by atoms with E-state index in [0.29, 0.717) is 5.92 Å². The van der Waals surface area contributed by atoms with E-state index >= 15 is 0 Å². The molecule has 0 bridgehead atoms. The second kappa shape index (κ2) is 7.46. The molecule has 1 aliphatic heterocycles. The minimum absolute atomic E-state index is 0.0176. The molecule has 1 atom stereocenters. The SMILES string of the molecule is C[C@H](NC(=O)N1CCC(CCn2cccn2)CC1)c1ncnn1C. The van der Waals surface area contributed by atoms with Crippen molar-refractivity contribution in [1.82, 2.24) is 34.8 Å². The fraction of sp³-hybridized carbons (Fsp3) is 0.625. The van der Waals surface area contributed by atoms with E-state index in [0.717, 1.165) is 44.7 Å². The molecule has 130 valence electrons. The maximum atomic E-state index is 12.4. The Bertz CT molecular complexity index is 643. The van der Waals surface area contributed by atoms with Crippen LogP contribution < -0.4 is 5.32 Å². The molecule has 0 aromatic carbocycles. The predicted molar refractivity (Wildman–Crippen MR) is 89.1 cm³/mol. The Balaban J connectivity index is 1.42. The standard InChI is InChI=1S/C16H25N7O/c1-13(15-17-12-19-21(15)2)20-16(24)22-9-4-14(5-10-22)6-11-23-8-3-7-18-23/h3,7-8,12-14H,4-6,9-11H2,1-2H3,(H,20,24)/t13-/m0/s1. The van der Waals surface area contributed by atoms with Crippen molar-refractivity contribution in [3.8, 4) is 0 Å². The van der Waals surface area contributed by atoms with Gasteiger partial charge in [-0.15, -0.1) is 0 Å². The highest BCUT2D eigenvalue weighted by molar-refractivity contribution is 5.74. The van der Waals surface area contributed by atoms with Gasteiger partial charge in [0.05, 0.1) is 6.04 Å². The van der Waals surface area contributed by atoms with Crippen LogP contribution >= 0.6 is 0 Å². The third kappa shape index (κ3) is 3.93. The summed E-state index contributed by atoms with van der Waals surface area (Å²) in [7, 11) is 1.83. The molecule has 1 fully saturated rings. The monoisotopic (exact) mass is 331 g/mol. The van der Waals surface area contributed by atoms with Crippen LogP contribution in [0.15, 0.2) is 24.8 Å². The van der Waals surface area contributed by atoms with Crippen molar-refractivity contribution < 1.29 is 4.79 Å². The van der Waals surface area contributed by atoms with Gasteiger partial charge in [-0.3, -0.25) is 9.36 Å². The van der Waals surface area contributed by atoms with Crippen molar-refractivity contribution in [3.05, 3.63) is 30.6 Å². The summed E-state index contributed by atoms with van der Waals surface area (Å²) in [5.74, 6) is 1.42. The van der Waals surface area contributed by atoms with Gasteiger partial charge >= 0.3 is 6.03 Å². The summed E-state index contributed by atoms with van der Waals surface area (Å²) in [6.45, 7) is 4.49. The van der Waals surface area contributed by atoms with Gasteiger partial charge in [0.15, 0.2) is 0 Å². The van der Waals surface area contributed by atoms with Gasteiger partial charge in [0.2, 0.25) is 0 Å². The summed E-state index contributed by atoms with van der Waals surface area (Å²) >= 11 is 0. The molecule has 2 amide bonds. The highest BCUT2D eigenvalue weighted by Crippen LogP contribution is 2.21. The summed E-state index contributed by atoms with van der Waals surface area (Å²) < 4.78 is 3.66. The predicted octanol–water partition coefficient (Wildman–Crippen LogP) is 1.58. The van der Waals surface area contributed by atoms with Crippen molar-refractivity contribution in [2.75, 3.05) is 13.1 Å². The number of carbonyl (C=O) groups excluding carboxylic acids is 1. The van der Waals surface area contributed by atoms with Crippen LogP contribution in [0, 0.1) is 5.92 Å². The van der Waals surface area contributed by atoms with Gasteiger partial charge in [0.1, 0.15) is 12.2 Å². The van der Waals surface area contributed by atoms with Gasteiger partial charge in [-0.1, -0.05) is 0 Å². The van der Waals surface area contributed by atoms with Gasteiger partial charge in [-0.05, 0) is 38.2 Å². The number of hydrogen-bond donors (Lipinski definition) is 1. The highest BCUT2D eigenvalue weighted by Gasteiger charge is 2.24. The number of amides is 2. The van der Waals surface area contributed by atoms with Crippen LogP contribution in [-0.2, 0) is 13.6 Å². The van der Waals surface area contributed by atoms with E-state index in [1.54, 1.807) is 4.68 Å². The molecule has 8 nitrogen and oxygen atoms in total. The summed E-state index contributed by atoms with van der Waals surface area (Å²) in [5, 5.41) is 11.3. The van der Waals surface area contributed by atoms with Gasteiger partial charge < -0.3 is 10.2 Å². The van der Waals surface area contributed by atoms with Crippen LogP contribution in [0.2, 0.25) is 0 Å². The lowest BCUT2D eigenvalue weighted by Gasteiger charge is -2.32. The zero-order chi connectivity index (χ0) is 16.9. The fourth-order valence-electron chi connectivity index (χ4n) is 3.21. The smallest absolute Gasteiger partial charge is 0.317 e. The molecule has 0 aliphatic carbocycles. The molecule has 2 aromatic heterocycles. The largest absolute Gasteiger partial charge is 0.328 e. The number of piperidine rings is 1. The fourth-order valence-corrected chi connectivity index (χ4v) is 3.21. The highest BCUT2D eigenvalue weighted by atomic mass is 16.2. The first-order valence-corrected chi connectivity index (χ1v) is 8.50. The van der Waals surface area contributed by atoms with Gasteiger partial charge in [-0.25, -0.2) is 9.78 Å². The molecule has 0 saturated carbocycles. The molecular formula is C16H25N7O. The van der Waals surface area contributed by atoms with E-state index in [-0.39, 0.29) is 12.1 Å². The zero-order valence-electron chi connectivity index (χ0n) is 14.3. The van der Waals surface area contributed by atoms with Crippen LogP contribution in [-0.4, -0.2) is 48.6 Å². The van der Waals surface area contributed by atoms with Crippen LogP contribution in [0.25, 0.3) is 0 Å². The van der Waals surface area contributed by atoms with Crippen LogP contribution in [0.5, 0.6) is 0 Å². The lowest BCUT2D eigenvalue weighted by atomic mass is 9.94. The van der Waals surface area contributed by atoms with E-state index < -0.39 is 0 Å². The Morgan fingerprint density at radius 3 is 2.79 bits per heavy atom.